The van der Waals surface area contributed by atoms with Crippen LogP contribution in [0.15, 0.2) is 48.8 Å². The minimum absolute atomic E-state index is 0.00672. The maximum Gasteiger partial charge on any atom is 0.257 e. The molecule has 3 heterocycles. The molecule has 9 nitrogen and oxygen atoms in total. The number of fused-ring (bicyclic) bond motifs is 1. The molecule has 2 saturated heterocycles. The van der Waals surface area contributed by atoms with Crippen LogP contribution in [0.1, 0.15) is 17.3 Å². The molecule has 2 aromatic carbocycles. The van der Waals surface area contributed by atoms with E-state index in [1.54, 1.807) is 12.4 Å². The minimum atomic E-state index is -0.550. The average molecular weight is 477 g/mol. The standard InChI is InChI=1S/C26H32N6O3/c1-16-14-32(15-22(28)25(16)33)24-4-5-29-13-23(24)30-26(34)20-11-18-10-19(31-6-8-35-9-7-31)3-2-17(18)12-21(20)27/h2-5,10-13,16,22,25,33H,6-9,14-15,27-28H2,1H3,(H,30,34)/t16-,22+,25+/m0/s1. The number of carbonyl (C=O) groups excluding carboxylic acids is 1. The van der Waals surface area contributed by atoms with E-state index < -0.39 is 6.10 Å². The Hall–Kier alpha value is -3.40. The molecule has 184 valence electrons. The molecule has 2 fully saturated rings. The van der Waals surface area contributed by atoms with Crippen LogP contribution in [0.25, 0.3) is 10.8 Å². The van der Waals surface area contributed by atoms with E-state index in [1.165, 1.54) is 0 Å². The molecule has 3 atom stereocenters. The number of nitrogens with zero attached hydrogens (tertiary/aromatic N) is 3. The zero-order valence-corrected chi connectivity index (χ0v) is 19.9. The van der Waals surface area contributed by atoms with Crippen molar-refractivity contribution >= 4 is 39.4 Å². The van der Waals surface area contributed by atoms with E-state index in [9.17, 15) is 9.90 Å². The second-order valence-corrected chi connectivity index (χ2v) is 9.45. The zero-order valence-electron chi connectivity index (χ0n) is 19.9. The van der Waals surface area contributed by atoms with Crippen LogP contribution in [0.2, 0.25) is 0 Å². The lowest BCUT2D eigenvalue weighted by Crippen LogP contribution is -2.55. The number of rotatable bonds is 4. The van der Waals surface area contributed by atoms with Gasteiger partial charge in [-0.3, -0.25) is 9.78 Å². The van der Waals surface area contributed by atoms with Crippen LogP contribution in [0.4, 0.5) is 22.7 Å². The molecule has 1 amide bonds. The number of nitrogens with one attached hydrogen (secondary N) is 1. The van der Waals surface area contributed by atoms with Crippen LogP contribution >= 0.6 is 0 Å². The lowest BCUT2D eigenvalue weighted by molar-refractivity contribution is 0.0785. The number of carbonyl (C=O) groups is 1. The fourth-order valence-corrected chi connectivity index (χ4v) is 4.98. The van der Waals surface area contributed by atoms with Gasteiger partial charge in [0.05, 0.1) is 42.5 Å². The second-order valence-electron chi connectivity index (χ2n) is 9.45. The molecule has 2 aliphatic heterocycles. The van der Waals surface area contributed by atoms with Gasteiger partial charge in [0, 0.05) is 55.7 Å². The van der Waals surface area contributed by atoms with E-state index in [2.05, 4.69) is 32.2 Å². The van der Waals surface area contributed by atoms with Gasteiger partial charge in [0.25, 0.3) is 5.91 Å². The minimum Gasteiger partial charge on any atom is -0.398 e. The Morgan fingerprint density at radius 3 is 2.69 bits per heavy atom. The summed E-state index contributed by atoms with van der Waals surface area (Å²) in [4.78, 5) is 21.9. The lowest BCUT2D eigenvalue weighted by Gasteiger charge is -2.40. The third-order valence-corrected chi connectivity index (χ3v) is 6.96. The van der Waals surface area contributed by atoms with Gasteiger partial charge in [0.2, 0.25) is 0 Å². The number of pyridine rings is 1. The number of amides is 1. The number of aliphatic hydroxyl groups excluding tert-OH is 1. The molecule has 0 radical (unpaired) electrons. The highest BCUT2D eigenvalue weighted by Crippen LogP contribution is 2.31. The molecule has 0 bridgehead atoms. The predicted molar refractivity (Wildman–Crippen MR) is 139 cm³/mol. The number of benzene rings is 2. The average Bonchev–Trinajstić information content (AvgIpc) is 2.87. The Bertz CT molecular complexity index is 1220. The largest absolute Gasteiger partial charge is 0.398 e. The van der Waals surface area contributed by atoms with Gasteiger partial charge in [0.1, 0.15) is 0 Å². The van der Waals surface area contributed by atoms with Crippen molar-refractivity contribution in [2.75, 3.05) is 60.2 Å². The molecule has 0 saturated carbocycles. The third kappa shape index (κ3) is 4.75. The molecule has 5 rings (SSSR count). The topological polar surface area (TPSA) is 130 Å². The van der Waals surface area contributed by atoms with Crippen molar-refractivity contribution in [2.24, 2.45) is 11.7 Å². The number of ether oxygens (including phenoxy) is 1. The molecule has 6 N–H and O–H groups in total. The van der Waals surface area contributed by atoms with Crippen LogP contribution in [0.3, 0.4) is 0 Å². The molecule has 1 aromatic heterocycles. The number of aliphatic hydroxyl groups is 1. The number of anilines is 4. The van der Waals surface area contributed by atoms with Crippen molar-refractivity contribution in [3.63, 3.8) is 0 Å². The Balaban J connectivity index is 1.41. The smallest absolute Gasteiger partial charge is 0.257 e. The molecule has 2 aliphatic rings. The highest BCUT2D eigenvalue weighted by Gasteiger charge is 2.32. The van der Waals surface area contributed by atoms with Gasteiger partial charge in [-0.05, 0) is 41.1 Å². The Kier molecular flexibility index (Phi) is 6.46. The van der Waals surface area contributed by atoms with E-state index in [1.807, 2.05) is 31.2 Å². The van der Waals surface area contributed by atoms with Gasteiger partial charge in [-0.15, -0.1) is 0 Å². The lowest BCUT2D eigenvalue weighted by atomic mass is 9.92. The summed E-state index contributed by atoms with van der Waals surface area (Å²) in [7, 11) is 0. The Morgan fingerprint density at radius 2 is 1.91 bits per heavy atom. The Morgan fingerprint density at radius 1 is 1.11 bits per heavy atom. The maximum atomic E-state index is 13.4. The van der Waals surface area contributed by atoms with E-state index in [4.69, 9.17) is 16.2 Å². The highest BCUT2D eigenvalue weighted by molar-refractivity contribution is 6.11. The number of piperidine rings is 1. The van der Waals surface area contributed by atoms with E-state index >= 15 is 0 Å². The monoisotopic (exact) mass is 476 g/mol. The van der Waals surface area contributed by atoms with Crippen molar-refractivity contribution in [3.8, 4) is 0 Å². The SMILES string of the molecule is C[C@H]1CN(c2ccncc2NC(=O)c2cc3cc(N4CCOCC4)ccc3cc2N)C[C@@H](N)[C@@H]1O. The van der Waals surface area contributed by atoms with Crippen LogP contribution in [0, 0.1) is 5.92 Å². The second kappa shape index (κ2) is 9.69. The summed E-state index contributed by atoms with van der Waals surface area (Å²) in [5.41, 5.74) is 15.8. The molecule has 0 unspecified atom stereocenters. The van der Waals surface area contributed by atoms with Crippen molar-refractivity contribution in [1.29, 1.82) is 0 Å². The summed E-state index contributed by atoms with van der Waals surface area (Å²) in [6.07, 6.45) is 2.76. The van der Waals surface area contributed by atoms with E-state index in [-0.39, 0.29) is 17.9 Å². The van der Waals surface area contributed by atoms with E-state index in [0.29, 0.717) is 43.2 Å². The quantitative estimate of drug-likeness (QED) is 0.421. The number of aromatic nitrogens is 1. The van der Waals surface area contributed by atoms with Gasteiger partial charge in [-0.2, -0.15) is 0 Å². The molecule has 9 heteroatoms. The van der Waals surface area contributed by atoms with Crippen molar-refractivity contribution in [3.05, 3.63) is 54.4 Å². The first-order chi connectivity index (χ1) is 16.9. The van der Waals surface area contributed by atoms with Gasteiger partial charge >= 0.3 is 0 Å². The summed E-state index contributed by atoms with van der Waals surface area (Å²) >= 11 is 0. The van der Waals surface area contributed by atoms with Crippen LogP contribution in [-0.2, 0) is 4.74 Å². The number of hydrogen-bond donors (Lipinski definition) is 4. The first-order valence-electron chi connectivity index (χ1n) is 12.0. The third-order valence-electron chi connectivity index (χ3n) is 6.96. The van der Waals surface area contributed by atoms with E-state index in [0.717, 1.165) is 35.2 Å². The van der Waals surface area contributed by atoms with Crippen molar-refractivity contribution < 1.29 is 14.6 Å². The highest BCUT2D eigenvalue weighted by atomic mass is 16.5. The number of nitrogen functional groups attached to an aromatic ring is 1. The molecule has 35 heavy (non-hydrogen) atoms. The van der Waals surface area contributed by atoms with Crippen molar-refractivity contribution in [2.45, 2.75) is 19.1 Å². The van der Waals surface area contributed by atoms with Crippen LogP contribution in [-0.4, -0.2) is 67.5 Å². The predicted octanol–water partition coefficient (Wildman–Crippen LogP) is 2.05. The summed E-state index contributed by atoms with van der Waals surface area (Å²) in [6.45, 7) is 6.18. The number of hydrogen-bond acceptors (Lipinski definition) is 8. The normalized spacial score (nSPS) is 22.9. The van der Waals surface area contributed by atoms with Gasteiger partial charge < -0.3 is 36.4 Å². The molecular formula is C26H32N6O3. The fourth-order valence-electron chi connectivity index (χ4n) is 4.98. The maximum absolute atomic E-state index is 13.4. The Labute approximate surface area is 204 Å². The summed E-state index contributed by atoms with van der Waals surface area (Å²) in [6, 6.07) is 11.4. The molecule has 3 aromatic rings. The zero-order chi connectivity index (χ0) is 24.5. The summed E-state index contributed by atoms with van der Waals surface area (Å²) < 4.78 is 5.46. The number of morpholine rings is 1. The summed E-state index contributed by atoms with van der Waals surface area (Å²) in [5, 5.41) is 15.2. The van der Waals surface area contributed by atoms with Crippen LogP contribution < -0.4 is 26.6 Å². The molecular weight excluding hydrogens is 444 g/mol. The molecule has 0 spiro atoms. The van der Waals surface area contributed by atoms with Gasteiger partial charge in [-0.25, -0.2) is 0 Å². The van der Waals surface area contributed by atoms with Gasteiger partial charge in [0.15, 0.2) is 0 Å². The van der Waals surface area contributed by atoms with Gasteiger partial charge in [-0.1, -0.05) is 13.0 Å². The first kappa shape index (κ1) is 23.3. The van der Waals surface area contributed by atoms with Crippen molar-refractivity contribution in [1.82, 2.24) is 4.98 Å². The fraction of sp³-hybridized carbons (Fsp3) is 0.385. The molecule has 0 aliphatic carbocycles. The first-order valence-corrected chi connectivity index (χ1v) is 12.0. The summed E-state index contributed by atoms with van der Waals surface area (Å²) in [5.74, 6) is -0.294. The van der Waals surface area contributed by atoms with Crippen LogP contribution in [0.5, 0.6) is 0 Å². The number of nitrogens with two attached hydrogens (primary N) is 2.